The minimum Gasteiger partial charge on any atom is -0.311 e. The molecule has 0 aliphatic rings. The third-order valence-corrected chi connectivity index (χ3v) is 2.58. The summed E-state index contributed by atoms with van der Waals surface area (Å²) >= 11 is 0. The first-order valence-electron chi connectivity index (χ1n) is 6.18. The van der Waals surface area contributed by atoms with Gasteiger partial charge < -0.3 is 5.32 Å². The Kier molecular flexibility index (Phi) is 4.03. The Balaban J connectivity index is 2.04. The topological polar surface area (TPSA) is 73.5 Å². The van der Waals surface area contributed by atoms with Crippen LogP contribution in [0.4, 0.5) is 0 Å². The van der Waals surface area contributed by atoms with Gasteiger partial charge in [-0.25, -0.2) is 14.3 Å². The highest BCUT2D eigenvalue weighted by atomic mass is 15.4. The molecule has 0 saturated heterocycles. The van der Waals surface area contributed by atoms with E-state index in [2.05, 4.69) is 46.5 Å². The molecule has 2 aromatic heterocycles. The Bertz CT molecular complexity index is 485. The van der Waals surface area contributed by atoms with E-state index < -0.39 is 0 Å². The molecule has 7 nitrogen and oxygen atoms in total. The highest BCUT2D eigenvalue weighted by Crippen LogP contribution is 2.06. The van der Waals surface area contributed by atoms with Gasteiger partial charge in [-0.15, -0.1) is 5.10 Å². The Morgan fingerprint density at radius 3 is 2.94 bits per heavy atom. The molecule has 0 saturated carbocycles. The number of aromatic nitrogens is 6. The molecule has 0 radical (unpaired) electrons. The summed E-state index contributed by atoms with van der Waals surface area (Å²) < 4.78 is 3.68. The fourth-order valence-electron chi connectivity index (χ4n) is 1.71. The lowest BCUT2D eigenvalue weighted by atomic mass is 10.4. The summed E-state index contributed by atoms with van der Waals surface area (Å²) in [5.41, 5.74) is 0.937. The van der Waals surface area contributed by atoms with Crippen molar-refractivity contribution >= 4 is 0 Å². The first-order valence-corrected chi connectivity index (χ1v) is 6.18. The Morgan fingerprint density at radius 1 is 1.39 bits per heavy atom. The van der Waals surface area contributed by atoms with Crippen molar-refractivity contribution in [2.45, 2.75) is 39.9 Å². The molecule has 18 heavy (non-hydrogen) atoms. The van der Waals surface area contributed by atoms with Gasteiger partial charge in [-0.3, -0.25) is 0 Å². The quantitative estimate of drug-likeness (QED) is 0.812. The maximum Gasteiger partial charge on any atom is 0.148 e. The summed E-state index contributed by atoms with van der Waals surface area (Å²) in [6.07, 6.45) is 3.51. The van der Waals surface area contributed by atoms with E-state index >= 15 is 0 Å². The second kappa shape index (κ2) is 5.72. The van der Waals surface area contributed by atoms with Gasteiger partial charge in [0.05, 0.1) is 11.9 Å². The molecule has 2 aromatic rings. The number of hydrogen-bond acceptors (Lipinski definition) is 5. The van der Waals surface area contributed by atoms with Crippen molar-refractivity contribution in [2.24, 2.45) is 0 Å². The van der Waals surface area contributed by atoms with Crippen LogP contribution in [0.15, 0.2) is 12.5 Å². The molecule has 7 heteroatoms. The third-order valence-electron chi connectivity index (χ3n) is 2.58. The van der Waals surface area contributed by atoms with Gasteiger partial charge >= 0.3 is 0 Å². The lowest BCUT2D eigenvalue weighted by Gasteiger charge is -2.08. The molecule has 0 amide bonds. The zero-order valence-electron chi connectivity index (χ0n) is 11.0. The van der Waals surface area contributed by atoms with E-state index in [9.17, 15) is 0 Å². The van der Waals surface area contributed by atoms with E-state index in [4.69, 9.17) is 0 Å². The van der Waals surface area contributed by atoms with Crippen molar-refractivity contribution in [2.75, 3.05) is 6.54 Å². The fourth-order valence-corrected chi connectivity index (χ4v) is 1.71. The average molecular weight is 249 g/mol. The SMILES string of the molecule is CCNCc1cn(Cc2ncnn2C(C)C)nn1. The molecule has 0 aromatic carbocycles. The van der Waals surface area contributed by atoms with Crippen molar-refractivity contribution in [3.8, 4) is 0 Å². The van der Waals surface area contributed by atoms with E-state index in [0.29, 0.717) is 12.6 Å². The summed E-state index contributed by atoms with van der Waals surface area (Å²) in [5, 5.41) is 15.6. The van der Waals surface area contributed by atoms with E-state index in [1.54, 1.807) is 11.0 Å². The molecular weight excluding hydrogens is 230 g/mol. The van der Waals surface area contributed by atoms with Crippen LogP contribution in [-0.4, -0.2) is 36.3 Å². The molecule has 0 spiro atoms. The number of rotatable bonds is 6. The smallest absolute Gasteiger partial charge is 0.148 e. The molecule has 0 fully saturated rings. The van der Waals surface area contributed by atoms with Crippen molar-refractivity contribution in [1.82, 2.24) is 35.1 Å². The van der Waals surface area contributed by atoms with Crippen molar-refractivity contribution in [3.63, 3.8) is 0 Å². The summed E-state index contributed by atoms with van der Waals surface area (Å²) in [6, 6.07) is 0.298. The monoisotopic (exact) mass is 249 g/mol. The Morgan fingerprint density at radius 2 is 2.22 bits per heavy atom. The lowest BCUT2D eigenvalue weighted by molar-refractivity contribution is 0.485. The van der Waals surface area contributed by atoms with Crippen LogP contribution in [0.3, 0.4) is 0 Å². The largest absolute Gasteiger partial charge is 0.311 e. The normalized spacial score (nSPS) is 11.3. The van der Waals surface area contributed by atoms with Crippen LogP contribution in [0, 0.1) is 0 Å². The fraction of sp³-hybridized carbons (Fsp3) is 0.636. The van der Waals surface area contributed by atoms with Gasteiger partial charge in [0.2, 0.25) is 0 Å². The van der Waals surface area contributed by atoms with E-state index in [1.807, 2.05) is 10.9 Å². The maximum atomic E-state index is 4.25. The molecule has 0 unspecified atom stereocenters. The Hall–Kier alpha value is -1.76. The van der Waals surface area contributed by atoms with Gasteiger partial charge in [-0.05, 0) is 20.4 Å². The molecular formula is C11H19N7. The van der Waals surface area contributed by atoms with Crippen molar-refractivity contribution < 1.29 is 0 Å². The second-order valence-electron chi connectivity index (χ2n) is 4.40. The van der Waals surface area contributed by atoms with Gasteiger partial charge in [0, 0.05) is 12.6 Å². The molecule has 98 valence electrons. The molecule has 0 aliphatic heterocycles. The van der Waals surface area contributed by atoms with E-state index in [1.165, 1.54) is 0 Å². The second-order valence-corrected chi connectivity index (χ2v) is 4.40. The predicted octanol–water partition coefficient (Wildman–Crippen LogP) is 0.608. The van der Waals surface area contributed by atoms with Crippen molar-refractivity contribution in [1.29, 1.82) is 0 Å². The summed E-state index contributed by atoms with van der Waals surface area (Å²) in [5.74, 6) is 0.893. The van der Waals surface area contributed by atoms with Crippen LogP contribution in [-0.2, 0) is 13.1 Å². The first kappa shape index (κ1) is 12.7. The van der Waals surface area contributed by atoms with Gasteiger partial charge in [0.25, 0.3) is 0 Å². The maximum absolute atomic E-state index is 4.25. The molecule has 0 aliphatic carbocycles. The zero-order valence-corrected chi connectivity index (χ0v) is 11.0. The third kappa shape index (κ3) is 2.92. The number of hydrogen-bond donors (Lipinski definition) is 1. The first-order chi connectivity index (χ1) is 8.70. The highest BCUT2D eigenvalue weighted by molar-refractivity contribution is 4.94. The number of nitrogens with one attached hydrogen (secondary N) is 1. The minimum absolute atomic E-state index is 0.298. The van der Waals surface area contributed by atoms with Crippen molar-refractivity contribution in [3.05, 3.63) is 24.0 Å². The lowest BCUT2D eigenvalue weighted by Crippen LogP contribution is -2.12. The van der Waals surface area contributed by atoms with E-state index in [0.717, 1.165) is 24.6 Å². The molecule has 2 rings (SSSR count). The molecule has 0 atom stereocenters. The average Bonchev–Trinajstić information content (AvgIpc) is 2.96. The standard InChI is InChI=1S/C11H19N7/c1-4-12-5-10-6-17(16-15-10)7-11-13-8-14-18(11)9(2)3/h6,8-9,12H,4-5,7H2,1-3H3. The van der Waals surface area contributed by atoms with Crippen LogP contribution in [0.1, 0.15) is 38.3 Å². The van der Waals surface area contributed by atoms with Crippen LogP contribution >= 0.6 is 0 Å². The van der Waals surface area contributed by atoms with Crippen LogP contribution < -0.4 is 5.32 Å². The van der Waals surface area contributed by atoms with Crippen LogP contribution in [0.2, 0.25) is 0 Å². The molecule has 1 N–H and O–H groups in total. The summed E-state index contributed by atoms with van der Waals surface area (Å²) in [6.45, 7) is 8.49. The Labute approximate surface area is 106 Å². The van der Waals surface area contributed by atoms with Crippen LogP contribution in [0.25, 0.3) is 0 Å². The predicted molar refractivity (Wildman–Crippen MR) is 66.9 cm³/mol. The van der Waals surface area contributed by atoms with Gasteiger partial charge in [0.15, 0.2) is 0 Å². The van der Waals surface area contributed by atoms with E-state index in [-0.39, 0.29) is 0 Å². The molecule has 2 heterocycles. The summed E-state index contributed by atoms with van der Waals surface area (Å²) in [7, 11) is 0. The highest BCUT2D eigenvalue weighted by Gasteiger charge is 2.09. The van der Waals surface area contributed by atoms with Gasteiger partial charge in [-0.2, -0.15) is 5.10 Å². The van der Waals surface area contributed by atoms with Gasteiger partial charge in [0.1, 0.15) is 18.7 Å². The van der Waals surface area contributed by atoms with Crippen LogP contribution in [0.5, 0.6) is 0 Å². The summed E-state index contributed by atoms with van der Waals surface area (Å²) in [4.78, 5) is 4.25. The minimum atomic E-state index is 0.298. The zero-order chi connectivity index (χ0) is 13.0. The van der Waals surface area contributed by atoms with Gasteiger partial charge in [-0.1, -0.05) is 12.1 Å². The molecule has 0 bridgehead atoms. The number of nitrogens with zero attached hydrogens (tertiary/aromatic N) is 6.